The third-order valence-electron chi connectivity index (χ3n) is 3.84. The third kappa shape index (κ3) is 2.67. The highest BCUT2D eigenvalue weighted by atomic mass is 19.1. The van der Waals surface area contributed by atoms with Gasteiger partial charge in [-0.1, -0.05) is 19.1 Å². The van der Waals surface area contributed by atoms with Crippen LogP contribution in [0.4, 0.5) is 4.39 Å². The van der Waals surface area contributed by atoms with E-state index in [1.54, 1.807) is 19.1 Å². The van der Waals surface area contributed by atoms with Crippen LogP contribution in [0, 0.1) is 12.7 Å². The summed E-state index contributed by atoms with van der Waals surface area (Å²) in [5.41, 5.74) is 0.844. The standard InChI is InChI=1S/C14H22FNO/c1-6-14(3,16(4)5)13(17)11-8-7-10(2)12(15)9-11/h7-9,13,17H,6H2,1-5H3. The van der Waals surface area contributed by atoms with Crippen LogP contribution in [-0.2, 0) is 0 Å². The summed E-state index contributed by atoms with van der Waals surface area (Å²) in [5.74, 6) is -0.265. The van der Waals surface area contributed by atoms with Crippen molar-refractivity contribution >= 4 is 0 Å². The van der Waals surface area contributed by atoms with Crippen molar-refractivity contribution in [1.82, 2.24) is 4.90 Å². The maximum absolute atomic E-state index is 13.5. The third-order valence-corrected chi connectivity index (χ3v) is 3.84. The first-order valence-corrected chi connectivity index (χ1v) is 5.94. The zero-order chi connectivity index (χ0) is 13.2. The molecule has 2 nitrogen and oxygen atoms in total. The van der Waals surface area contributed by atoms with E-state index in [0.29, 0.717) is 11.1 Å². The minimum atomic E-state index is -0.697. The van der Waals surface area contributed by atoms with Gasteiger partial charge in [0.1, 0.15) is 5.82 Å². The smallest absolute Gasteiger partial charge is 0.126 e. The van der Waals surface area contributed by atoms with Crippen molar-refractivity contribution in [2.24, 2.45) is 0 Å². The van der Waals surface area contributed by atoms with Crippen LogP contribution < -0.4 is 0 Å². The highest BCUT2D eigenvalue weighted by Crippen LogP contribution is 2.33. The summed E-state index contributed by atoms with van der Waals surface area (Å²) < 4.78 is 13.5. The zero-order valence-corrected chi connectivity index (χ0v) is 11.3. The molecule has 1 aromatic rings. The van der Waals surface area contributed by atoms with E-state index in [9.17, 15) is 9.50 Å². The van der Waals surface area contributed by atoms with E-state index < -0.39 is 6.10 Å². The molecule has 0 saturated heterocycles. The lowest BCUT2D eigenvalue weighted by Crippen LogP contribution is -2.46. The molecule has 1 aromatic carbocycles. The van der Waals surface area contributed by atoms with Gasteiger partial charge in [0.15, 0.2) is 0 Å². The normalized spacial score (nSPS) is 16.9. The average Bonchev–Trinajstić information content (AvgIpc) is 2.30. The van der Waals surface area contributed by atoms with E-state index in [2.05, 4.69) is 0 Å². The van der Waals surface area contributed by atoms with Gasteiger partial charge < -0.3 is 10.0 Å². The summed E-state index contributed by atoms with van der Waals surface area (Å²) in [6.07, 6.45) is 0.0917. The van der Waals surface area contributed by atoms with Crippen molar-refractivity contribution in [1.29, 1.82) is 0 Å². The second-order valence-corrected chi connectivity index (χ2v) is 5.02. The molecule has 3 heteroatoms. The largest absolute Gasteiger partial charge is 0.386 e. The van der Waals surface area contributed by atoms with E-state index in [-0.39, 0.29) is 11.4 Å². The van der Waals surface area contributed by atoms with Gasteiger partial charge in [-0.05, 0) is 51.6 Å². The number of aliphatic hydroxyl groups is 1. The summed E-state index contributed by atoms with van der Waals surface area (Å²) in [6, 6.07) is 4.93. The van der Waals surface area contributed by atoms with Gasteiger partial charge in [0.05, 0.1) is 6.10 Å². The Balaban J connectivity index is 3.10. The molecule has 0 spiro atoms. The van der Waals surface area contributed by atoms with Gasteiger partial charge in [-0.2, -0.15) is 0 Å². The Labute approximate surface area is 103 Å². The second kappa shape index (κ2) is 5.15. The molecule has 0 heterocycles. The molecule has 0 aliphatic carbocycles. The second-order valence-electron chi connectivity index (χ2n) is 5.02. The number of benzene rings is 1. The minimum absolute atomic E-state index is 0.265. The average molecular weight is 239 g/mol. The van der Waals surface area contributed by atoms with E-state index in [4.69, 9.17) is 0 Å². The lowest BCUT2D eigenvalue weighted by Gasteiger charge is -2.40. The van der Waals surface area contributed by atoms with E-state index >= 15 is 0 Å². The highest BCUT2D eigenvalue weighted by molar-refractivity contribution is 5.27. The van der Waals surface area contributed by atoms with Gasteiger partial charge in [0.2, 0.25) is 0 Å². The van der Waals surface area contributed by atoms with Crippen LogP contribution in [-0.4, -0.2) is 29.6 Å². The van der Waals surface area contributed by atoms with Crippen LogP contribution in [0.2, 0.25) is 0 Å². The Morgan fingerprint density at radius 3 is 2.41 bits per heavy atom. The number of rotatable bonds is 4. The monoisotopic (exact) mass is 239 g/mol. The molecule has 1 N–H and O–H groups in total. The van der Waals surface area contributed by atoms with E-state index in [0.717, 1.165) is 6.42 Å². The topological polar surface area (TPSA) is 23.5 Å². The molecule has 0 bridgehead atoms. The lowest BCUT2D eigenvalue weighted by molar-refractivity contribution is 0.000698. The first kappa shape index (κ1) is 14.1. The van der Waals surface area contributed by atoms with Gasteiger partial charge in [-0.15, -0.1) is 0 Å². The number of aliphatic hydroxyl groups excluding tert-OH is 1. The lowest BCUT2D eigenvalue weighted by atomic mass is 9.85. The fourth-order valence-corrected chi connectivity index (χ4v) is 1.89. The fraction of sp³-hybridized carbons (Fsp3) is 0.571. The van der Waals surface area contributed by atoms with Crippen molar-refractivity contribution in [3.63, 3.8) is 0 Å². The fourth-order valence-electron chi connectivity index (χ4n) is 1.89. The summed E-state index contributed by atoms with van der Waals surface area (Å²) in [5, 5.41) is 10.4. The van der Waals surface area contributed by atoms with Crippen molar-refractivity contribution in [3.05, 3.63) is 35.1 Å². The molecular weight excluding hydrogens is 217 g/mol. The van der Waals surface area contributed by atoms with Gasteiger partial charge in [0.25, 0.3) is 0 Å². The number of halogens is 1. The zero-order valence-electron chi connectivity index (χ0n) is 11.3. The quantitative estimate of drug-likeness (QED) is 0.873. The summed E-state index contributed by atoms with van der Waals surface area (Å²) in [4.78, 5) is 1.98. The van der Waals surface area contributed by atoms with Crippen LogP contribution in [0.5, 0.6) is 0 Å². The molecule has 0 aliphatic heterocycles. The van der Waals surface area contributed by atoms with Crippen LogP contribution in [0.1, 0.15) is 37.5 Å². The maximum Gasteiger partial charge on any atom is 0.126 e. The van der Waals surface area contributed by atoms with E-state index in [1.807, 2.05) is 32.8 Å². The molecule has 0 amide bonds. The highest BCUT2D eigenvalue weighted by Gasteiger charge is 2.34. The Kier molecular flexibility index (Phi) is 4.28. The van der Waals surface area contributed by atoms with Crippen LogP contribution in [0.15, 0.2) is 18.2 Å². The Hall–Kier alpha value is -0.930. The molecule has 0 saturated carbocycles. The number of nitrogens with zero attached hydrogens (tertiary/aromatic N) is 1. The summed E-state index contributed by atoms with van der Waals surface area (Å²) >= 11 is 0. The van der Waals surface area contributed by atoms with Crippen molar-refractivity contribution in [2.75, 3.05) is 14.1 Å². The summed E-state index contributed by atoms with van der Waals surface area (Å²) in [6.45, 7) is 5.72. The van der Waals surface area contributed by atoms with Crippen LogP contribution >= 0.6 is 0 Å². The Morgan fingerprint density at radius 2 is 2.00 bits per heavy atom. The molecule has 2 unspecified atom stereocenters. The first-order valence-electron chi connectivity index (χ1n) is 5.94. The Morgan fingerprint density at radius 1 is 1.41 bits per heavy atom. The maximum atomic E-state index is 13.5. The predicted octanol–water partition coefficient (Wildman–Crippen LogP) is 2.90. The number of hydrogen-bond donors (Lipinski definition) is 1. The number of likely N-dealkylation sites (N-methyl/N-ethyl adjacent to an activating group) is 1. The Bertz CT molecular complexity index is 392. The van der Waals surface area contributed by atoms with Crippen molar-refractivity contribution < 1.29 is 9.50 Å². The molecule has 96 valence electrons. The molecule has 0 aromatic heterocycles. The SMILES string of the molecule is CCC(C)(C(O)c1ccc(C)c(F)c1)N(C)C. The van der Waals surface area contributed by atoms with Crippen molar-refractivity contribution in [3.8, 4) is 0 Å². The molecule has 17 heavy (non-hydrogen) atoms. The number of hydrogen-bond acceptors (Lipinski definition) is 2. The van der Waals surface area contributed by atoms with Gasteiger partial charge >= 0.3 is 0 Å². The van der Waals surface area contributed by atoms with Crippen LogP contribution in [0.25, 0.3) is 0 Å². The van der Waals surface area contributed by atoms with Crippen LogP contribution in [0.3, 0.4) is 0 Å². The molecule has 0 fully saturated rings. The van der Waals surface area contributed by atoms with Gasteiger partial charge in [-0.25, -0.2) is 4.39 Å². The molecule has 1 rings (SSSR count). The summed E-state index contributed by atoms with van der Waals surface area (Å²) in [7, 11) is 3.86. The molecule has 0 radical (unpaired) electrons. The van der Waals surface area contributed by atoms with Crippen molar-refractivity contribution in [2.45, 2.75) is 38.8 Å². The predicted molar refractivity (Wildman–Crippen MR) is 68.5 cm³/mol. The minimum Gasteiger partial charge on any atom is -0.386 e. The van der Waals surface area contributed by atoms with Gasteiger partial charge in [0, 0.05) is 5.54 Å². The molecule has 2 atom stereocenters. The van der Waals surface area contributed by atoms with E-state index in [1.165, 1.54) is 6.07 Å². The van der Waals surface area contributed by atoms with Gasteiger partial charge in [-0.3, -0.25) is 0 Å². The first-order chi connectivity index (χ1) is 7.82. The number of aryl methyl sites for hydroxylation is 1. The molecule has 0 aliphatic rings. The molecular formula is C14H22FNO.